The molecule has 1 saturated heterocycles. The van der Waals surface area contributed by atoms with Crippen molar-refractivity contribution < 1.29 is 55.8 Å². The van der Waals surface area contributed by atoms with Gasteiger partial charge in [-0.3, -0.25) is 9.78 Å². The summed E-state index contributed by atoms with van der Waals surface area (Å²) < 4.78 is 63.5. The average Bonchev–Trinajstić information content (AvgIpc) is 3.53. The van der Waals surface area contributed by atoms with Crippen molar-refractivity contribution in [2.75, 3.05) is 18.0 Å². The summed E-state index contributed by atoms with van der Waals surface area (Å²) in [6.45, 7) is 1.95. The van der Waals surface area contributed by atoms with E-state index in [1.807, 2.05) is 5.38 Å². The summed E-state index contributed by atoms with van der Waals surface area (Å²) in [6, 6.07) is 0. The van der Waals surface area contributed by atoms with E-state index in [4.69, 9.17) is 24.6 Å². The normalized spacial score (nSPS) is 18.5. The third-order valence-corrected chi connectivity index (χ3v) is 5.55. The molecular weight excluding hydrogens is 566 g/mol. The highest BCUT2D eigenvalue weighted by Crippen LogP contribution is 2.34. The lowest BCUT2D eigenvalue weighted by Gasteiger charge is -2.38. The van der Waals surface area contributed by atoms with Gasteiger partial charge in [0, 0.05) is 30.7 Å². The van der Waals surface area contributed by atoms with Gasteiger partial charge < -0.3 is 25.3 Å². The van der Waals surface area contributed by atoms with Crippen LogP contribution in [0.25, 0.3) is 0 Å². The van der Waals surface area contributed by atoms with Gasteiger partial charge in [0.2, 0.25) is 0 Å². The maximum Gasteiger partial charge on any atom is 0.490 e. The number of halogens is 6. The van der Waals surface area contributed by atoms with E-state index in [1.165, 1.54) is 11.3 Å². The molecule has 2 aromatic rings. The third-order valence-electron chi connectivity index (χ3n) is 4.91. The molecular formula is C20H20F6N6O6S. The van der Waals surface area contributed by atoms with E-state index in [1.54, 1.807) is 24.1 Å². The van der Waals surface area contributed by atoms with Gasteiger partial charge in [0.05, 0.1) is 30.5 Å². The number of carbonyl (C=O) groups is 3. The van der Waals surface area contributed by atoms with Gasteiger partial charge in [0.1, 0.15) is 11.5 Å². The van der Waals surface area contributed by atoms with Crippen LogP contribution in [-0.4, -0.2) is 79.8 Å². The molecule has 2 aromatic heterocycles. The minimum Gasteiger partial charge on any atom is -0.475 e. The number of hydrogen-bond donors (Lipinski definition) is 3. The first-order valence-corrected chi connectivity index (χ1v) is 11.6. The van der Waals surface area contributed by atoms with Gasteiger partial charge in [-0.25, -0.2) is 19.6 Å². The van der Waals surface area contributed by atoms with Crippen molar-refractivity contribution in [3.63, 3.8) is 0 Å². The highest BCUT2D eigenvalue weighted by Gasteiger charge is 2.45. The van der Waals surface area contributed by atoms with E-state index >= 15 is 0 Å². The quantitative estimate of drug-likeness (QED) is 0.453. The van der Waals surface area contributed by atoms with E-state index < -0.39 is 29.9 Å². The molecule has 2 aliphatic rings. The van der Waals surface area contributed by atoms with Crippen LogP contribution in [0.5, 0.6) is 0 Å². The van der Waals surface area contributed by atoms with Gasteiger partial charge in [0.25, 0.3) is 5.91 Å². The number of nitrogens with zero attached hydrogens (tertiary/aromatic N) is 5. The molecule has 1 fully saturated rings. The second-order valence-electron chi connectivity index (χ2n) is 7.85. The molecule has 0 aliphatic carbocycles. The fourth-order valence-electron chi connectivity index (χ4n) is 3.21. The Labute approximate surface area is 219 Å². The van der Waals surface area contributed by atoms with Gasteiger partial charge in [-0.15, -0.1) is 11.3 Å². The van der Waals surface area contributed by atoms with Crippen molar-refractivity contribution in [2.45, 2.75) is 43.8 Å². The lowest BCUT2D eigenvalue weighted by Crippen LogP contribution is -2.49. The number of amides is 1. The molecule has 1 unspecified atom stereocenters. The van der Waals surface area contributed by atoms with E-state index in [9.17, 15) is 31.1 Å². The predicted octanol–water partition coefficient (Wildman–Crippen LogP) is 2.63. The number of aliphatic carboxylic acids is 2. The zero-order valence-electron chi connectivity index (χ0n) is 19.6. The summed E-state index contributed by atoms with van der Waals surface area (Å²) in [5.41, 5.74) is 2.58. The molecule has 1 spiro atoms. The predicted molar refractivity (Wildman–Crippen MR) is 121 cm³/mol. The first-order valence-electron chi connectivity index (χ1n) is 10.6. The van der Waals surface area contributed by atoms with Crippen molar-refractivity contribution in [3.8, 4) is 0 Å². The SMILES string of the molecule is O=C(NCc1cscn1)C1=NOC2(CCCN(c3cnccn3)C2)C1.O=C(O)C(F)(F)F.O=C(O)C(F)(F)F. The molecule has 214 valence electrons. The number of nitrogens with one attached hydrogen (secondary N) is 1. The molecule has 2 aliphatic heterocycles. The summed E-state index contributed by atoms with van der Waals surface area (Å²) in [5.74, 6) is -4.88. The Bertz CT molecular complexity index is 1120. The van der Waals surface area contributed by atoms with Crippen LogP contribution in [0.4, 0.5) is 32.2 Å². The summed E-state index contributed by atoms with van der Waals surface area (Å²) >= 11 is 1.51. The van der Waals surface area contributed by atoms with E-state index in [0.29, 0.717) is 25.2 Å². The van der Waals surface area contributed by atoms with Crippen LogP contribution in [-0.2, 0) is 25.8 Å². The second-order valence-corrected chi connectivity index (χ2v) is 8.56. The standard InChI is InChI=1S/C16H18N6O2S.2C2HF3O2/c23-15(19-7-12-9-25-11-20-12)13-6-16(24-21-13)2-1-5-22(10-16)14-8-17-3-4-18-14;2*3-2(4,5)1(6)7/h3-4,8-9,11H,1-2,5-7,10H2,(H,19,23);2*(H,6,7). The Balaban J connectivity index is 0.000000317. The minimum absolute atomic E-state index is 0.193. The molecule has 3 N–H and O–H groups in total. The third kappa shape index (κ3) is 9.98. The fourth-order valence-corrected chi connectivity index (χ4v) is 3.77. The number of hydrogen-bond acceptors (Lipinski definition) is 10. The number of oxime groups is 1. The van der Waals surface area contributed by atoms with Crippen LogP contribution >= 0.6 is 11.3 Å². The van der Waals surface area contributed by atoms with Crippen molar-refractivity contribution in [1.82, 2.24) is 20.3 Å². The number of alkyl halides is 6. The maximum absolute atomic E-state index is 12.3. The number of carboxylic acids is 2. The number of thiazole rings is 1. The molecule has 1 amide bonds. The van der Waals surface area contributed by atoms with Crippen molar-refractivity contribution in [1.29, 1.82) is 0 Å². The lowest BCUT2D eigenvalue weighted by molar-refractivity contribution is -0.193. The number of piperidine rings is 1. The molecule has 0 radical (unpaired) electrons. The molecule has 12 nitrogen and oxygen atoms in total. The molecule has 0 aromatic carbocycles. The monoisotopic (exact) mass is 586 g/mol. The van der Waals surface area contributed by atoms with Crippen molar-refractivity contribution in [2.24, 2.45) is 5.16 Å². The molecule has 4 rings (SSSR count). The Hall–Kier alpha value is -4.03. The van der Waals surface area contributed by atoms with Crippen LogP contribution < -0.4 is 10.2 Å². The number of anilines is 1. The van der Waals surface area contributed by atoms with Crippen LogP contribution in [0.3, 0.4) is 0 Å². The first kappa shape index (κ1) is 31.2. The second kappa shape index (κ2) is 13.2. The highest BCUT2D eigenvalue weighted by molar-refractivity contribution is 7.07. The summed E-state index contributed by atoms with van der Waals surface area (Å²) in [5, 5.41) is 23.1. The molecule has 1 atom stereocenters. The zero-order valence-corrected chi connectivity index (χ0v) is 20.4. The molecule has 4 heterocycles. The Morgan fingerprint density at radius 1 is 1.08 bits per heavy atom. The average molecular weight is 586 g/mol. The van der Waals surface area contributed by atoms with Gasteiger partial charge in [-0.2, -0.15) is 26.3 Å². The van der Waals surface area contributed by atoms with Crippen molar-refractivity contribution >= 4 is 40.7 Å². The smallest absolute Gasteiger partial charge is 0.475 e. The van der Waals surface area contributed by atoms with Crippen LogP contribution in [0.2, 0.25) is 0 Å². The van der Waals surface area contributed by atoms with Crippen LogP contribution in [0.1, 0.15) is 25.0 Å². The first-order chi connectivity index (χ1) is 18.1. The van der Waals surface area contributed by atoms with Gasteiger partial charge in [-0.1, -0.05) is 5.16 Å². The van der Waals surface area contributed by atoms with Gasteiger partial charge >= 0.3 is 24.3 Å². The van der Waals surface area contributed by atoms with E-state index in [-0.39, 0.29) is 5.91 Å². The number of rotatable bonds is 4. The van der Waals surface area contributed by atoms with E-state index in [2.05, 4.69) is 30.3 Å². The largest absolute Gasteiger partial charge is 0.490 e. The van der Waals surface area contributed by atoms with Crippen molar-refractivity contribution in [3.05, 3.63) is 35.2 Å². The van der Waals surface area contributed by atoms with Gasteiger partial charge in [-0.05, 0) is 12.8 Å². The maximum atomic E-state index is 12.3. The number of aromatic nitrogens is 3. The highest BCUT2D eigenvalue weighted by atomic mass is 32.1. The number of carbonyl (C=O) groups excluding carboxylic acids is 1. The van der Waals surface area contributed by atoms with E-state index in [0.717, 1.165) is 30.9 Å². The Kier molecular flexibility index (Phi) is 10.5. The minimum atomic E-state index is -5.08. The molecule has 39 heavy (non-hydrogen) atoms. The van der Waals surface area contributed by atoms with Crippen LogP contribution in [0.15, 0.2) is 34.6 Å². The topological polar surface area (TPSA) is 167 Å². The fraction of sp³-hybridized carbons (Fsp3) is 0.450. The van der Waals surface area contributed by atoms with Crippen LogP contribution in [0, 0.1) is 0 Å². The van der Waals surface area contributed by atoms with Gasteiger partial charge in [0.15, 0.2) is 5.60 Å². The zero-order chi connectivity index (χ0) is 29.3. The molecule has 0 saturated carbocycles. The lowest BCUT2D eigenvalue weighted by atomic mass is 9.88. The molecule has 0 bridgehead atoms. The Morgan fingerprint density at radius 3 is 2.23 bits per heavy atom. The summed E-state index contributed by atoms with van der Waals surface area (Å²) in [6.07, 6.45) is -2.75. The summed E-state index contributed by atoms with van der Waals surface area (Å²) in [4.78, 5) is 50.6. The molecule has 19 heteroatoms. The summed E-state index contributed by atoms with van der Waals surface area (Å²) in [7, 11) is 0. The number of carboxylic acid groups (broad SMARTS) is 2. The Morgan fingerprint density at radius 2 is 1.72 bits per heavy atom.